The second kappa shape index (κ2) is 7.35. The Kier molecular flexibility index (Phi) is 5.00. The van der Waals surface area contributed by atoms with Crippen molar-refractivity contribution in [2.45, 2.75) is 13.5 Å². The maximum absolute atomic E-state index is 12.7. The van der Waals surface area contributed by atoms with Crippen LogP contribution in [0.2, 0.25) is 0 Å². The van der Waals surface area contributed by atoms with Crippen LogP contribution in [0.3, 0.4) is 0 Å². The number of pyridine rings is 1. The molecule has 0 bridgehead atoms. The second-order valence-corrected chi connectivity index (χ2v) is 5.99. The van der Waals surface area contributed by atoms with Crippen LogP contribution in [0.15, 0.2) is 30.6 Å². The standard InChI is InChI=1S/C17H22N6O/c1-13-20-15(17(24)23-9-7-22(2)8-10-23)11-16(21-13)19-12-14-3-5-18-6-4-14/h3-6,11H,7-10,12H2,1-2H3,(H,19,20,21). The van der Waals surface area contributed by atoms with Crippen molar-refractivity contribution in [3.8, 4) is 0 Å². The summed E-state index contributed by atoms with van der Waals surface area (Å²) in [5, 5.41) is 3.25. The third-order valence-corrected chi connectivity index (χ3v) is 4.07. The Labute approximate surface area is 141 Å². The van der Waals surface area contributed by atoms with Gasteiger partial charge in [0.1, 0.15) is 17.3 Å². The van der Waals surface area contributed by atoms with E-state index in [9.17, 15) is 4.79 Å². The van der Waals surface area contributed by atoms with Crippen molar-refractivity contribution < 1.29 is 4.79 Å². The minimum absolute atomic E-state index is 0.0273. The van der Waals surface area contributed by atoms with Gasteiger partial charge in [-0.05, 0) is 31.7 Å². The van der Waals surface area contributed by atoms with Crippen LogP contribution >= 0.6 is 0 Å². The molecular weight excluding hydrogens is 304 g/mol. The molecule has 3 rings (SSSR count). The van der Waals surface area contributed by atoms with Crippen molar-refractivity contribution in [3.05, 3.63) is 47.7 Å². The van der Waals surface area contributed by atoms with Gasteiger partial charge in [0.15, 0.2) is 0 Å². The number of piperazine rings is 1. The van der Waals surface area contributed by atoms with E-state index in [1.807, 2.05) is 17.0 Å². The summed E-state index contributed by atoms with van der Waals surface area (Å²) >= 11 is 0. The Morgan fingerprint density at radius 1 is 1.17 bits per heavy atom. The lowest BCUT2D eigenvalue weighted by Gasteiger charge is -2.32. The largest absolute Gasteiger partial charge is 0.366 e. The van der Waals surface area contributed by atoms with Gasteiger partial charge >= 0.3 is 0 Å². The van der Waals surface area contributed by atoms with Crippen molar-refractivity contribution in [2.75, 3.05) is 38.5 Å². The van der Waals surface area contributed by atoms with Gasteiger partial charge in [0.05, 0.1) is 0 Å². The Bertz CT molecular complexity index is 697. The zero-order chi connectivity index (χ0) is 16.9. The van der Waals surface area contributed by atoms with Crippen molar-refractivity contribution in [1.29, 1.82) is 0 Å². The number of rotatable bonds is 4. The minimum Gasteiger partial charge on any atom is -0.366 e. The van der Waals surface area contributed by atoms with Gasteiger partial charge in [-0.3, -0.25) is 9.78 Å². The van der Waals surface area contributed by atoms with Crippen LogP contribution in [-0.2, 0) is 6.54 Å². The molecule has 24 heavy (non-hydrogen) atoms. The Morgan fingerprint density at radius 3 is 2.58 bits per heavy atom. The second-order valence-electron chi connectivity index (χ2n) is 5.99. The highest BCUT2D eigenvalue weighted by Crippen LogP contribution is 2.12. The molecule has 1 aliphatic heterocycles. The molecule has 1 saturated heterocycles. The van der Waals surface area contributed by atoms with Gasteiger partial charge < -0.3 is 15.1 Å². The average molecular weight is 326 g/mol. The molecule has 3 heterocycles. The summed E-state index contributed by atoms with van der Waals surface area (Å²) in [5.74, 6) is 1.23. The van der Waals surface area contributed by atoms with Crippen molar-refractivity contribution >= 4 is 11.7 Å². The highest BCUT2D eigenvalue weighted by Gasteiger charge is 2.22. The van der Waals surface area contributed by atoms with E-state index in [1.54, 1.807) is 25.4 Å². The highest BCUT2D eigenvalue weighted by molar-refractivity contribution is 5.93. The molecule has 2 aromatic rings. The third kappa shape index (κ3) is 4.05. The molecule has 1 fully saturated rings. The first-order chi connectivity index (χ1) is 11.6. The van der Waals surface area contributed by atoms with Crippen LogP contribution in [-0.4, -0.2) is 63.9 Å². The Morgan fingerprint density at radius 2 is 1.88 bits per heavy atom. The van der Waals surface area contributed by atoms with E-state index in [0.29, 0.717) is 23.9 Å². The van der Waals surface area contributed by atoms with E-state index in [-0.39, 0.29) is 5.91 Å². The highest BCUT2D eigenvalue weighted by atomic mass is 16.2. The molecule has 0 saturated carbocycles. The number of hydrogen-bond donors (Lipinski definition) is 1. The van der Waals surface area contributed by atoms with Crippen LogP contribution in [0.5, 0.6) is 0 Å². The summed E-state index contributed by atoms with van der Waals surface area (Å²) in [7, 11) is 2.07. The van der Waals surface area contributed by atoms with Crippen molar-refractivity contribution in [3.63, 3.8) is 0 Å². The molecule has 126 valence electrons. The molecular formula is C17H22N6O. The Hall–Kier alpha value is -2.54. The number of nitrogens with one attached hydrogen (secondary N) is 1. The van der Waals surface area contributed by atoms with Gasteiger partial charge in [-0.15, -0.1) is 0 Å². The normalized spacial score (nSPS) is 15.3. The summed E-state index contributed by atoms with van der Waals surface area (Å²) in [6, 6.07) is 5.61. The first-order valence-electron chi connectivity index (χ1n) is 8.08. The molecule has 0 radical (unpaired) electrons. The first kappa shape index (κ1) is 16.3. The zero-order valence-electron chi connectivity index (χ0n) is 14.1. The van der Waals surface area contributed by atoms with Crippen molar-refractivity contribution in [1.82, 2.24) is 24.8 Å². The summed E-state index contributed by atoms with van der Waals surface area (Å²) in [5.41, 5.74) is 1.55. The van der Waals surface area contributed by atoms with Crippen LogP contribution < -0.4 is 5.32 Å². The Balaban J connectivity index is 1.70. The van der Waals surface area contributed by atoms with Gasteiger partial charge in [-0.2, -0.15) is 0 Å². The van der Waals surface area contributed by atoms with E-state index in [2.05, 4.69) is 32.2 Å². The number of aryl methyl sites for hydroxylation is 1. The molecule has 1 amide bonds. The van der Waals surface area contributed by atoms with Crippen LogP contribution in [0.4, 0.5) is 5.82 Å². The van der Waals surface area contributed by atoms with E-state index in [4.69, 9.17) is 0 Å². The van der Waals surface area contributed by atoms with Crippen molar-refractivity contribution in [2.24, 2.45) is 0 Å². The minimum atomic E-state index is -0.0273. The summed E-state index contributed by atoms with van der Waals surface area (Å²) in [6.45, 7) is 5.68. The van der Waals surface area contributed by atoms with Gasteiger partial charge in [0, 0.05) is 51.2 Å². The predicted molar refractivity (Wildman–Crippen MR) is 91.7 cm³/mol. The summed E-state index contributed by atoms with van der Waals surface area (Å²) in [6.07, 6.45) is 3.51. The molecule has 1 aliphatic rings. The number of amides is 1. The number of hydrogen-bond acceptors (Lipinski definition) is 6. The molecule has 0 aliphatic carbocycles. The monoisotopic (exact) mass is 326 g/mol. The fourth-order valence-corrected chi connectivity index (χ4v) is 2.63. The van der Waals surface area contributed by atoms with Gasteiger partial charge in [0.25, 0.3) is 5.91 Å². The van der Waals surface area contributed by atoms with Crippen LogP contribution in [0.25, 0.3) is 0 Å². The molecule has 2 aromatic heterocycles. The first-order valence-corrected chi connectivity index (χ1v) is 8.08. The summed E-state index contributed by atoms with van der Waals surface area (Å²) in [4.78, 5) is 29.4. The topological polar surface area (TPSA) is 74.2 Å². The SMILES string of the molecule is Cc1nc(NCc2ccncc2)cc(C(=O)N2CCN(C)CC2)n1. The lowest BCUT2D eigenvalue weighted by atomic mass is 10.2. The summed E-state index contributed by atoms with van der Waals surface area (Å²) < 4.78 is 0. The molecule has 7 nitrogen and oxygen atoms in total. The predicted octanol–water partition coefficient (Wildman–Crippen LogP) is 1.18. The number of nitrogens with zero attached hydrogens (tertiary/aromatic N) is 5. The number of carbonyl (C=O) groups is 1. The number of likely N-dealkylation sites (N-methyl/N-ethyl adjacent to an activating group) is 1. The fourth-order valence-electron chi connectivity index (χ4n) is 2.63. The zero-order valence-corrected chi connectivity index (χ0v) is 14.1. The number of aromatic nitrogens is 3. The van der Waals surface area contributed by atoms with Crippen LogP contribution in [0, 0.1) is 6.92 Å². The van der Waals surface area contributed by atoms with Gasteiger partial charge in [-0.1, -0.05) is 0 Å². The van der Waals surface area contributed by atoms with Gasteiger partial charge in [0.2, 0.25) is 0 Å². The lowest BCUT2D eigenvalue weighted by molar-refractivity contribution is 0.0658. The molecule has 7 heteroatoms. The van der Waals surface area contributed by atoms with E-state index < -0.39 is 0 Å². The number of anilines is 1. The quantitative estimate of drug-likeness (QED) is 0.909. The smallest absolute Gasteiger partial charge is 0.272 e. The van der Waals surface area contributed by atoms with Gasteiger partial charge in [-0.25, -0.2) is 9.97 Å². The molecule has 0 atom stereocenters. The number of carbonyl (C=O) groups excluding carboxylic acids is 1. The van der Waals surface area contributed by atoms with E-state index >= 15 is 0 Å². The van der Waals surface area contributed by atoms with E-state index in [0.717, 1.165) is 31.7 Å². The molecule has 0 unspecified atom stereocenters. The lowest BCUT2D eigenvalue weighted by Crippen LogP contribution is -2.47. The van der Waals surface area contributed by atoms with E-state index in [1.165, 1.54) is 0 Å². The van der Waals surface area contributed by atoms with Crippen LogP contribution in [0.1, 0.15) is 21.9 Å². The molecule has 0 aromatic carbocycles. The maximum Gasteiger partial charge on any atom is 0.272 e. The molecule has 0 spiro atoms. The maximum atomic E-state index is 12.7. The fraction of sp³-hybridized carbons (Fsp3) is 0.412. The molecule has 1 N–H and O–H groups in total. The third-order valence-electron chi connectivity index (χ3n) is 4.07. The average Bonchev–Trinajstić information content (AvgIpc) is 2.60.